The number of carbonyl (C=O) groups excluding carboxylic acids is 1. The Kier molecular flexibility index (Phi) is 3.34. The number of allylic oxidation sites excluding steroid dienone is 3. The molecule has 0 radical (unpaired) electrons. The highest BCUT2D eigenvalue weighted by atomic mass is 35.5. The number of rotatable bonds is 1. The third-order valence-electron chi connectivity index (χ3n) is 4.74. The zero-order chi connectivity index (χ0) is 16.0. The Bertz CT molecular complexity index is 778. The zero-order valence-electron chi connectivity index (χ0n) is 13.0. The van der Waals surface area contributed by atoms with Crippen molar-refractivity contribution in [1.29, 1.82) is 0 Å². The van der Waals surface area contributed by atoms with Gasteiger partial charge in [0.25, 0.3) is 0 Å². The molecule has 118 valence electrons. The van der Waals surface area contributed by atoms with Crippen LogP contribution in [0, 0.1) is 0 Å². The molecule has 2 heterocycles. The van der Waals surface area contributed by atoms with E-state index in [0.717, 1.165) is 24.2 Å². The lowest BCUT2D eigenvalue weighted by atomic mass is 9.79. The summed E-state index contributed by atoms with van der Waals surface area (Å²) in [6.45, 7) is 2.44. The van der Waals surface area contributed by atoms with Gasteiger partial charge in [-0.15, -0.1) is 0 Å². The summed E-state index contributed by atoms with van der Waals surface area (Å²) in [4.78, 5) is 14.1. The van der Waals surface area contributed by atoms with Gasteiger partial charge in [0.15, 0.2) is 5.60 Å². The molecule has 3 nitrogen and oxygen atoms in total. The molecule has 0 bridgehead atoms. The van der Waals surface area contributed by atoms with Gasteiger partial charge in [-0.3, -0.25) is 4.79 Å². The maximum Gasteiger partial charge on any atom is 0.226 e. The molecule has 1 amide bonds. The minimum Gasteiger partial charge on any atom is -0.480 e. The molecule has 0 aromatic heterocycles. The van der Waals surface area contributed by atoms with Crippen LogP contribution in [-0.2, 0) is 11.2 Å². The summed E-state index contributed by atoms with van der Waals surface area (Å²) in [6, 6.07) is 5.79. The number of ether oxygens (including phenoxy) is 1. The maximum atomic E-state index is 12.3. The molecule has 0 N–H and O–H groups in total. The van der Waals surface area contributed by atoms with Crippen LogP contribution < -0.4 is 4.74 Å². The lowest BCUT2D eigenvalue weighted by Gasteiger charge is -2.41. The smallest absolute Gasteiger partial charge is 0.226 e. The zero-order valence-corrected chi connectivity index (χ0v) is 13.8. The number of fused-ring (bicyclic) bond motifs is 3. The van der Waals surface area contributed by atoms with Crippen LogP contribution in [0.2, 0.25) is 5.02 Å². The minimum atomic E-state index is -0.493. The third kappa shape index (κ3) is 2.31. The molecule has 1 aromatic rings. The number of nitrogens with zero attached hydrogens (tertiary/aromatic N) is 1. The highest BCUT2D eigenvalue weighted by Crippen LogP contribution is 2.46. The van der Waals surface area contributed by atoms with E-state index in [4.69, 9.17) is 16.3 Å². The Morgan fingerprint density at radius 3 is 3.13 bits per heavy atom. The average molecular weight is 328 g/mol. The van der Waals surface area contributed by atoms with Crippen molar-refractivity contribution in [2.24, 2.45) is 0 Å². The van der Waals surface area contributed by atoms with Crippen molar-refractivity contribution in [2.75, 3.05) is 6.54 Å². The molecule has 4 rings (SSSR count). The van der Waals surface area contributed by atoms with Crippen LogP contribution in [0.25, 0.3) is 0 Å². The number of halogens is 1. The van der Waals surface area contributed by atoms with E-state index in [1.165, 1.54) is 11.1 Å². The van der Waals surface area contributed by atoms with Crippen LogP contribution in [0.5, 0.6) is 5.75 Å². The SMILES string of the molecule is CCC(=O)N1C=C2CC=CC=C2C2(Cc3ccc(Cl)cc3O2)C1. The topological polar surface area (TPSA) is 29.5 Å². The van der Waals surface area contributed by atoms with E-state index in [2.05, 4.69) is 18.2 Å². The fourth-order valence-corrected chi connectivity index (χ4v) is 3.82. The summed E-state index contributed by atoms with van der Waals surface area (Å²) in [6.07, 6.45) is 10.4. The van der Waals surface area contributed by atoms with Gasteiger partial charge in [-0.05, 0) is 29.7 Å². The molecule has 23 heavy (non-hydrogen) atoms. The summed E-state index contributed by atoms with van der Waals surface area (Å²) in [5.41, 5.74) is 3.01. The monoisotopic (exact) mass is 327 g/mol. The van der Waals surface area contributed by atoms with Gasteiger partial charge in [0, 0.05) is 29.6 Å². The van der Waals surface area contributed by atoms with E-state index in [9.17, 15) is 4.79 Å². The number of amides is 1. The van der Waals surface area contributed by atoms with E-state index in [1.54, 1.807) is 0 Å². The fraction of sp³-hybridized carbons (Fsp3) is 0.316. The predicted molar refractivity (Wildman–Crippen MR) is 90.4 cm³/mol. The normalized spacial score (nSPS) is 24.7. The Morgan fingerprint density at radius 2 is 2.30 bits per heavy atom. The molecule has 1 aliphatic carbocycles. The second kappa shape index (κ2) is 5.27. The van der Waals surface area contributed by atoms with E-state index in [1.807, 2.05) is 36.2 Å². The molecule has 3 aliphatic rings. The van der Waals surface area contributed by atoms with Crippen molar-refractivity contribution in [2.45, 2.75) is 31.8 Å². The van der Waals surface area contributed by atoms with Crippen molar-refractivity contribution in [3.8, 4) is 5.75 Å². The molecular formula is C19H18ClNO2. The van der Waals surface area contributed by atoms with E-state index >= 15 is 0 Å². The first-order chi connectivity index (χ1) is 11.1. The fourth-order valence-electron chi connectivity index (χ4n) is 3.66. The highest BCUT2D eigenvalue weighted by molar-refractivity contribution is 6.30. The van der Waals surface area contributed by atoms with Crippen molar-refractivity contribution in [1.82, 2.24) is 4.90 Å². The number of benzene rings is 1. The van der Waals surface area contributed by atoms with Crippen LogP contribution >= 0.6 is 11.6 Å². The molecule has 0 fully saturated rings. The molecule has 2 aliphatic heterocycles. The van der Waals surface area contributed by atoms with Gasteiger partial charge >= 0.3 is 0 Å². The van der Waals surface area contributed by atoms with Crippen molar-refractivity contribution < 1.29 is 9.53 Å². The van der Waals surface area contributed by atoms with Gasteiger partial charge in [0.1, 0.15) is 5.75 Å². The molecule has 0 saturated carbocycles. The Labute approximate surface area is 140 Å². The lowest BCUT2D eigenvalue weighted by molar-refractivity contribution is -0.130. The number of hydrogen-bond acceptors (Lipinski definition) is 2. The molecule has 1 aromatic carbocycles. The van der Waals surface area contributed by atoms with Crippen LogP contribution in [0.15, 0.2) is 53.8 Å². The van der Waals surface area contributed by atoms with Crippen molar-refractivity contribution >= 4 is 17.5 Å². The first-order valence-corrected chi connectivity index (χ1v) is 8.34. The summed E-state index contributed by atoms with van der Waals surface area (Å²) in [7, 11) is 0. The van der Waals surface area contributed by atoms with Gasteiger partial charge in [0.2, 0.25) is 5.91 Å². The molecule has 1 atom stereocenters. The summed E-state index contributed by atoms with van der Waals surface area (Å²) < 4.78 is 6.39. The van der Waals surface area contributed by atoms with Crippen LogP contribution in [0.3, 0.4) is 0 Å². The second-order valence-electron chi connectivity index (χ2n) is 6.27. The summed E-state index contributed by atoms with van der Waals surface area (Å²) in [5, 5.41) is 0.673. The van der Waals surface area contributed by atoms with E-state index in [0.29, 0.717) is 18.0 Å². The number of hydrogen-bond donors (Lipinski definition) is 0. The van der Waals surface area contributed by atoms with Crippen molar-refractivity contribution in [3.63, 3.8) is 0 Å². The molecular weight excluding hydrogens is 310 g/mol. The first-order valence-electron chi connectivity index (χ1n) is 7.96. The molecule has 1 spiro atoms. The second-order valence-corrected chi connectivity index (χ2v) is 6.70. The summed E-state index contributed by atoms with van der Waals surface area (Å²) >= 11 is 6.11. The van der Waals surface area contributed by atoms with Gasteiger partial charge in [0.05, 0.1) is 6.54 Å². The molecule has 4 heteroatoms. The highest BCUT2D eigenvalue weighted by Gasteiger charge is 2.48. The lowest BCUT2D eigenvalue weighted by Crippen LogP contribution is -2.51. The van der Waals surface area contributed by atoms with Gasteiger partial charge in [-0.1, -0.05) is 42.8 Å². The summed E-state index contributed by atoms with van der Waals surface area (Å²) in [5.74, 6) is 0.959. The van der Waals surface area contributed by atoms with E-state index < -0.39 is 5.60 Å². The van der Waals surface area contributed by atoms with Crippen LogP contribution in [-0.4, -0.2) is 23.0 Å². The third-order valence-corrected chi connectivity index (χ3v) is 4.98. The Morgan fingerprint density at radius 1 is 1.43 bits per heavy atom. The minimum absolute atomic E-state index is 0.128. The Hall–Kier alpha value is -2.00. The molecule has 0 saturated heterocycles. The van der Waals surface area contributed by atoms with E-state index in [-0.39, 0.29) is 5.91 Å². The van der Waals surface area contributed by atoms with Crippen molar-refractivity contribution in [3.05, 3.63) is 64.4 Å². The standard InChI is InChI=1S/C19H18ClNO2/c1-2-18(22)21-11-14-5-3-4-6-16(14)19(12-21)10-13-7-8-15(20)9-17(13)23-19/h3-4,6-9,11H,2,5,10,12H2,1H3. The number of carbonyl (C=O) groups is 1. The first kappa shape index (κ1) is 14.6. The average Bonchev–Trinajstić information content (AvgIpc) is 2.91. The van der Waals surface area contributed by atoms with Crippen LogP contribution in [0.4, 0.5) is 0 Å². The van der Waals surface area contributed by atoms with Gasteiger partial charge < -0.3 is 9.64 Å². The molecule has 1 unspecified atom stereocenters. The predicted octanol–water partition coefficient (Wildman–Crippen LogP) is 4.04. The van der Waals surface area contributed by atoms with Crippen LogP contribution in [0.1, 0.15) is 25.3 Å². The Balaban J connectivity index is 1.78. The maximum absolute atomic E-state index is 12.3. The van der Waals surface area contributed by atoms with Gasteiger partial charge in [-0.2, -0.15) is 0 Å². The van der Waals surface area contributed by atoms with Gasteiger partial charge in [-0.25, -0.2) is 0 Å². The quantitative estimate of drug-likeness (QED) is 0.779. The largest absolute Gasteiger partial charge is 0.480 e.